The van der Waals surface area contributed by atoms with Crippen molar-refractivity contribution in [2.75, 3.05) is 33.7 Å². The first-order valence-electron chi connectivity index (χ1n) is 6.74. The van der Waals surface area contributed by atoms with Gasteiger partial charge in [-0.1, -0.05) is 0 Å². The van der Waals surface area contributed by atoms with Gasteiger partial charge in [0.2, 0.25) is 10.0 Å². The summed E-state index contributed by atoms with van der Waals surface area (Å²) in [6.45, 7) is 6.58. The second-order valence-corrected chi connectivity index (χ2v) is 6.78. The van der Waals surface area contributed by atoms with Crippen LogP contribution in [0.1, 0.15) is 13.8 Å². The van der Waals surface area contributed by atoms with Gasteiger partial charge in [0.15, 0.2) is 0 Å². The second kappa shape index (κ2) is 7.72. The van der Waals surface area contributed by atoms with Crippen LogP contribution in [-0.2, 0) is 16.6 Å². The summed E-state index contributed by atoms with van der Waals surface area (Å²) in [7, 11) is 0.342. The van der Waals surface area contributed by atoms with E-state index < -0.39 is 10.0 Å². The second-order valence-electron chi connectivity index (χ2n) is 5.01. The van der Waals surface area contributed by atoms with Gasteiger partial charge in [-0.25, -0.2) is 13.1 Å². The van der Waals surface area contributed by atoms with Crippen molar-refractivity contribution in [2.24, 2.45) is 0 Å². The third-order valence-corrected chi connectivity index (χ3v) is 4.56. The summed E-state index contributed by atoms with van der Waals surface area (Å²) in [6.07, 6.45) is 2.93. The van der Waals surface area contributed by atoms with Crippen molar-refractivity contribution < 1.29 is 8.42 Å². The highest BCUT2D eigenvalue weighted by atomic mass is 32.2. The summed E-state index contributed by atoms with van der Waals surface area (Å²) < 4.78 is 28.4. The number of nitrogens with zero attached hydrogens (tertiary/aromatic N) is 3. The van der Waals surface area contributed by atoms with E-state index in [1.165, 1.54) is 6.20 Å². The number of hydrogen-bond donors (Lipinski definition) is 2. The van der Waals surface area contributed by atoms with Gasteiger partial charge in [0, 0.05) is 31.9 Å². The molecule has 0 spiro atoms. The molecule has 0 radical (unpaired) electrons. The molecule has 2 N–H and O–H groups in total. The molecule has 116 valence electrons. The van der Waals surface area contributed by atoms with Crippen molar-refractivity contribution in [3.8, 4) is 0 Å². The average molecular weight is 303 g/mol. The lowest BCUT2D eigenvalue weighted by atomic mass is 10.3. The van der Waals surface area contributed by atoms with E-state index in [9.17, 15) is 8.42 Å². The first kappa shape index (κ1) is 17.1. The Morgan fingerprint density at radius 1 is 1.40 bits per heavy atom. The van der Waals surface area contributed by atoms with E-state index in [2.05, 4.69) is 33.9 Å². The van der Waals surface area contributed by atoms with Crippen LogP contribution in [0.3, 0.4) is 0 Å². The Bertz CT molecular complexity index is 498. The highest BCUT2D eigenvalue weighted by Crippen LogP contribution is 2.06. The summed E-state index contributed by atoms with van der Waals surface area (Å²) in [5.74, 6) is 0. The fraction of sp³-hybridized carbons (Fsp3) is 0.750. The zero-order valence-corrected chi connectivity index (χ0v) is 13.4. The van der Waals surface area contributed by atoms with Gasteiger partial charge < -0.3 is 10.2 Å². The predicted molar refractivity (Wildman–Crippen MR) is 79.1 cm³/mol. The molecule has 0 saturated heterocycles. The molecule has 1 heterocycles. The van der Waals surface area contributed by atoms with Gasteiger partial charge in [0.05, 0.1) is 12.7 Å². The fourth-order valence-corrected chi connectivity index (χ4v) is 2.50. The zero-order valence-electron chi connectivity index (χ0n) is 12.6. The van der Waals surface area contributed by atoms with Crippen molar-refractivity contribution in [1.82, 2.24) is 24.7 Å². The van der Waals surface area contributed by atoms with Crippen molar-refractivity contribution >= 4 is 10.0 Å². The Morgan fingerprint density at radius 3 is 2.70 bits per heavy atom. The summed E-state index contributed by atoms with van der Waals surface area (Å²) >= 11 is 0. The minimum atomic E-state index is -3.47. The lowest BCUT2D eigenvalue weighted by Crippen LogP contribution is -2.36. The standard InChI is InChI=1S/C12H25N5O2S/c1-11(2)16(4)7-6-15-20(18,19)12-9-14-17(10-12)8-5-13-3/h9-11,13,15H,5-8H2,1-4H3. The normalized spacial score (nSPS) is 12.5. The van der Waals surface area contributed by atoms with E-state index in [4.69, 9.17) is 0 Å². The lowest BCUT2D eigenvalue weighted by Gasteiger charge is -2.20. The summed E-state index contributed by atoms with van der Waals surface area (Å²) in [4.78, 5) is 2.29. The molecule has 1 aromatic rings. The Morgan fingerprint density at radius 2 is 2.10 bits per heavy atom. The van der Waals surface area contributed by atoms with Crippen LogP contribution in [0.2, 0.25) is 0 Å². The van der Waals surface area contributed by atoms with E-state index in [0.29, 0.717) is 25.7 Å². The molecule has 0 aromatic carbocycles. The first-order chi connectivity index (χ1) is 9.36. The highest BCUT2D eigenvalue weighted by molar-refractivity contribution is 7.89. The largest absolute Gasteiger partial charge is 0.318 e. The smallest absolute Gasteiger partial charge is 0.243 e. The molecule has 20 heavy (non-hydrogen) atoms. The van der Waals surface area contributed by atoms with Crippen LogP contribution >= 0.6 is 0 Å². The monoisotopic (exact) mass is 303 g/mol. The van der Waals surface area contributed by atoms with Crippen molar-refractivity contribution in [3.63, 3.8) is 0 Å². The number of rotatable bonds is 9. The van der Waals surface area contributed by atoms with Crippen LogP contribution in [0, 0.1) is 0 Å². The molecule has 8 heteroatoms. The van der Waals surface area contributed by atoms with Gasteiger partial charge >= 0.3 is 0 Å². The molecule has 0 atom stereocenters. The fourth-order valence-electron chi connectivity index (χ4n) is 1.53. The van der Waals surface area contributed by atoms with Crippen LogP contribution < -0.4 is 10.0 Å². The Kier molecular flexibility index (Phi) is 6.60. The van der Waals surface area contributed by atoms with Crippen LogP contribution in [-0.4, -0.2) is 62.9 Å². The number of sulfonamides is 1. The minimum Gasteiger partial charge on any atom is -0.318 e. The maximum absolute atomic E-state index is 12.1. The molecule has 0 aliphatic rings. The molecule has 0 unspecified atom stereocenters. The lowest BCUT2D eigenvalue weighted by molar-refractivity contribution is 0.278. The number of likely N-dealkylation sites (N-methyl/N-ethyl adjacent to an activating group) is 2. The molecular weight excluding hydrogens is 278 g/mol. The predicted octanol–water partition coefficient (Wildman–Crippen LogP) is -0.279. The van der Waals surface area contributed by atoms with E-state index in [-0.39, 0.29) is 4.90 Å². The van der Waals surface area contributed by atoms with Crippen LogP contribution in [0.15, 0.2) is 17.3 Å². The van der Waals surface area contributed by atoms with Crippen molar-refractivity contribution in [1.29, 1.82) is 0 Å². The van der Waals surface area contributed by atoms with E-state index in [1.54, 1.807) is 10.9 Å². The van der Waals surface area contributed by atoms with Gasteiger partial charge in [-0.05, 0) is 27.9 Å². The van der Waals surface area contributed by atoms with Gasteiger partial charge in [0.1, 0.15) is 4.90 Å². The summed E-state index contributed by atoms with van der Waals surface area (Å²) in [5, 5.41) is 7.03. The van der Waals surface area contributed by atoms with Gasteiger partial charge in [-0.2, -0.15) is 5.10 Å². The topological polar surface area (TPSA) is 79.3 Å². The Balaban J connectivity index is 2.53. The van der Waals surface area contributed by atoms with E-state index in [0.717, 1.165) is 6.54 Å². The Labute approximate surface area is 121 Å². The third-order valence-electron chi connectivity index (χ3n) is 3.15. The van der Waals surface area contributed by atoms with Crippen LogP contribution in [0.25, 0.3) is 0 Å². The van der Waals surface area contributed by atoms with Gasteiger partial charge in [0.25, 0.3) is 0 Å². The Hall–Kier alpha value is -0.960. The molecule has 0 aliphatic heterocycles. The third kappa shape index (κ3) is 5.20. The van der Waals surface area contributed by atoms with Gasteiger partial charge in [-0.15, -0.1) is 0 Å². The quantitative estimate of drug-likeness (QED) is 0.656. The zero-order chi connectivity index (χ0) is 15.2. The molecule has 7 nitrogen and oxygen atoms in total. The van der Waals surface area contributed by atoms with Crippen LogP contribution in [0.5, 0.6) is 0 Å². The molecule has 0 fully saturated rings. The average Bonchev–Trinajstić information content (AvgIpc) is 2.85. The molecule has 0 saturated carbocycles. The SMILES string of the molecule is CNCCn1cc(S(=O)(=O)NCCN(C)C(C)C)cn1. The number of aromatic nitrogens is 2. The maximum Gasteiger partial charge on any atom is 0.243 e. The van der Waals surface area contributed by atoms with E-state index in [1.807, 2.05) is 14.1 Å². The molecular formula is C12H25N5O2S. The van der Waals surface area contributed by atoms with Crippen molar-refractivity contribution in [2.45, 2.75) is 31.3 Å². The van der Waals surface area contributed by atoms with Crippen molar-refractivity contribution in [3.05, 3.63) is 12.4 Å². The van der Waals surface area contributed by atoms with E-state index >= 15 is 0 Å². The van der Waals surface area contributed by atoms with Gasteiger partial charge in [-0.3, -0.25) is 4.68 Å². The molecule has 0 bridgehead atoms. The molecule has 1 aromatic heterocycles. The number of nitrogens with one attached hydrogen (secondary N) is 2. The summed E-state index contributed by atoms with van der Waals surface area (Å²) in [5.41, 5.74) is 0. The highest BCUT2D eigenvalue weighted by Gasteiger charge is 2.16. The first-order valence-corrected chi connectivity index (χ1v) is 8.22. The summed E-state index contributed by atoms with van der Waals surface area (Å²) in [6, 6.07) is 0.392. The molecule has 1 rings (SSSR count). The van der Waals surface area contributed by atoms with Crippen LogP contribution in [0.4, 0.5) is 0 Å². The number of hydrogen-bond acceptors (Lipinski definition) is 5. The molecule has 0 amide bonds. The minimum absolute atomic E-state index is 0.209. The maximum atomic E-state index is 12.1. The molecule has 0 aliphatic carbocycles.